The van der Waals surface area contributed by atoms with Gasteiger partial charge in [0.25, 0.3) is 0 Å². The summed E-state index contributed by atoms with van der Waals surface area (Å²) in [6.45, 7) is 4.77. The van der Waals surface area contributed by atoms with Gasteiger partial charge in [-0.15, -0.1) is 0 Å². The molecule has 3 aromatic rings. The molecule has 1 saturated heterocycles. The minimum absolute atomic E-state index is 0.243. The van der Waals surface area contributed by atoms with Crippen LogP contribution in [0.4, 0.5) is 4.39 Å². The van der Waals surface area contributed by atoms with Crippen molar-refractivity contribution in [3.63, 3.8) is 0 Å². The number of rotatable bonds is 6. The van der Waals surface area contributed by atoms with Crippen LogP contribution in [0.5, 0.6) is 5.75 Å². The highest BCUT2D eigenvalue weighted by atomic mass is 35.5. The van der Waals surface area contributed by atoms with Gasteiger partial charge in [0.05, 0.1) is 10.0 Å². The van der Waals surface area contributed by atoms with Gasteiger partial charge in [0.1, 0.15) is 17.4 Å². The summed E-state index contributed by atoms with van der Waals surface area (Å²) in [5.41, 5.74) is 2.95. The second-order valence-electron chi connectivity index (χ2n) is 7.74. The second-order valence-corrected chi connectivity index (χ2v) is 8.94. The lowest BCUT2D eigenvalue weighted by atomic mass is 10.1. The van der Waals surface area contributed by atoms with E-state index in [1.54, 1.807) is 24.3 Å². The Morgan fingerprint density at radius 2 is 1.50 bits per heavy atom. The topological polar surface area (TPSA) is 15.7 Å². The molecule has 1 fully saturated rings. The van der Waals surface area contributed by atoms with Gasteiger partial charge < -0.3 is 9.64 Å². The molecule has 166 valence electrons. The first kappa shape index (κ1) is 23.0. The molecule has 0 aromatic heterocycles. The number of halogens is 3. The van der Waals surface area contributed by atoms with Crippen LogP contribution in [0.1, 0.15) is 16.7 Å². The quantitative estimate of drug-likeness (QED) is 0.383. The van der Waals surface area contributed by atoms with Crippen LogP contribution in [0.15, 0.2) is 66.7 Å². The molecule has 0 bridgehead atoms. The fourth-order valence-electron chi connectivity index (χ4n) is 3.69. The zero-order valence-corrected chi connectivity index (χ0v) is 19.8. The van der Waals surface area contributed by atoms with Gasteiger partial charge in [-0.3, -0.25) is 4.90 Å². The minimum atomic E-state index is -0.288. The van der Waals surface area contributed by atoms with Crippen molar-refractivity contribution in [2.45, 2.75) is 13.2 Å². The molecule has 7 heteroatoms. The molecule has 0 saturated carbocycles. The van der Waals surface area contributed by atoms with Crippen LogP contribution in [0, 0.1) is 5.82 Å². The summed E-state index contributed by atoms with van der Waals surface area (Å²) in [6.07, 6.45) is 0. The maximum atomic E-state index is 13.1. The first-order chi connectivity index (χ1) is 15.5. The molecular formula is C25H23Cl2FN2OS. The van der Waals surface area contributed by atoms with Gasteiger partial charge in [-0.1, -0.05) is 77.9 Å². The van der Waals surface area contributed by atoms with E-state index in [9.17, 15) is 4.39 Å². The maximum absolute atomic E-state index is 13.1. The standard InChI is InChI=1S/C25H23Cl2FN2OS/c26-22-14-20(15-23(27)24(22)31-17-19-6-8-21(28)9-7-19)25(32)30-12-10-29(11-13-30)16-18-4-2-1-3-5-18/h1-9,14-15H,10-13,16-17H2. The highest BCUT2D eigenvalue weighted by molar-refractivity contribution is 7.80. The van der Waals surface area contributed by atoms with Gasteiger partial charge in [0.2, 0.25) is 0 Å². The highest BCUT2D eigenvalue weighted by Gasteiger charge is 2.21. The average molecular weight is 489 g/mol. The second kappa shape index (κ2) is 10.6. The summed E-state index contributed by atoms with van der Waals surface area (Å²) in [4.78, 5) is 5.36. The number of piperazine rings is 1. The van der Waals surface area contributed by atoms with Gasteiger partial charge in [0, 0.05) is 38.3 Å². The summed E-state index contributed by atoms with van der Waals surface area (Å²) in [5, 5.41) is 0.805. The normalized spacial score (nSPS) is 14.4. The average Bonchev–Trinajstić information content (AvgIpc) is 2.80. The summed E-state index contributed by atoms with van der Waals surface area (Å²) >= 11 is 18.7. The largest absolute Gasteiger partial charge is 0.486 e. The van der Waals surface area contributed by atoms with Gasteiger partial charge in [-0.25, -0.2) is 4.39 Å². The lowest BCUT2D eigenvalue weighted by molar-refractivity contribution is 0.177. The Balaban J connectivity index is 1.36. The van der Waals surface area contributed by atoms with E-state index >= 15 is 0 Å². The third-order valence-corrected chi connectivity index (χ3v) is 6.51. The molecule has 0 radical (unpaired) electrons. The number of hydrogen-bond donors (Lipinski definition) is 0. The van der Waals surface area contributed by atoms with Crippen LogP contribution >= 0.6 is 35.4 Å². The lowest BCUT2D eigenvalue weighted by Crippen LogP contribution is -2.48. The molecule has 1 aliphatic heterocycles. The van der Waals surface area contributed by atoms with Gasteiger partial charge in [-0.05, 0) is 35.4 Å². The van der Waals surface area contributed by atoms with E-state index in [2.05, 4.69) is 34.1 Å². The lowest BCUT2D eigenvalue weighted by Gasteiger charge is -2.36. The highest BCUT2D eigenvalue weighted by Crippen LogP contribution is 2.35. The number of nitrogens with zero attached hydrogens (tertiary/aromatic N) is 2. The molecule has 0 amide bonds. The number of thiocarbonyl (C=S) groups is 1. The monoisotopic (exact) mass is 488 g/mol. The Morgan fingerprint density at radius 1 is 0.875 bits per heavy atom. The van der Waals surface area contributed by atoms with Crippen LogP contribution in [0.3, 0.4) is 0 Å². The van der Waals surface area contributed by atoms with Crippen molar-refractivity contribution in [1.29, 1.82) is 0 Å². The smallest absolute Gasteiger partial charge is 0.157 e. The molecular weight excluding hydrogens is 466 g/mol. The van der Waals surface area contributed by atoms with Gasteiger partial charge >= 0.3 is 0 Å². The predicted molar refractivity (Wildman–Crippen MR) is 132 cm³/mol. The van der Waals surface area contributed by atoms with E-state index < -0.39 is 0 Å². The molecule has 0 N–H and O–H groups in total. The Hall–Kier alpha value is -2.18. The van der Waals surface area contributed by atoms with Crippen molar-refractivity contribution in [3.8, 4) is 5.75 Å². The van der Waals surface area contributed by atoms with Crippen LogP contribution in [0.2, 0.25) is 10.0 Å². The van der Waals surface area contributed by atoms with Crippen molar-refractivity contribution < 1.29 is 9.13 Å². The van der Waals surface area contributed by atoms with Crippen molar-refractivity contribution in [1.82, 2.24) is 9.80 Å². The van der Waals surface area contributed by atoms with E-state index in [0.29, 0.717) is 15.8 Å². The predicted octanol–water partition coefficient (Wildman–Crippen LogP) is 6.20. The fourth-order valence-corrected chi connectivity index (χ4v) is 4.59. The first-order valence-corrected chi connectivity index (χ1v) is 11.6. The Kier molecular flexibility index (Phi) is 7.63. The summed E-state index contributed by atoms with van der Waals surface area (Å²) < 4.78 is 18.9. The molecule has 1 heterocycles. The number of benzene rings is 3. The van der Waals surface area contributed by atoms with E-state index in [1.165, 1.54) is 17.7 Å². The van der Waals surface area contributed by atoms with E-state index in [-0.39, 0.29) is 12.4 Å². The summed E-state index contributed by atoms with van der Waals surface area (Å²) in [7, 11) is 0. The molecule has 0 spiro atoms. The molecule has 1 aliphatic rings. The zero-order valence-electron chi connectivity index (χ0n) is 17.4. The zero-order chi connectivity index (χ0) is 22.5. The Labute approximate surface area is 203 Å². The van der Waals surface area contributed by atoms with Gasteiger partial charge in [0.15, 0.2) is 5.75 Å². The van der Waals surface area contributed by atoms with Crippen LogP contribution in [0.25, 0.3) is 0 Å². The Bertz CT molecular complexity index is 1050. The van der Waals surface area contributed by atoms with E-state index in [4.69, 9.17) is 40.2 Å². The fraction of sp³-hybridized carbons (Fsp3) is 0.240. The van der Waals surface area contributed by atoms with Crippen molar-refractivity contribution >= 4 is 40.4 Å². The van der Waals surface area contributed by atoms with Crippen LogP contribution in [-0.4, -0.2) is 41.0 Å². The minimum Gasteiger partial charge on any atom is -0.486 e. The molecule has 3 nitrogen and oxygen atoms in total. The molecule has 0 aliphatic carbocycles. The Morgan fingerprint density at radius 3 is 2.12 bits per heavy atom. The SMILES string of the molecule is Fc1ccc(COc2c(Cl)cc(C(=S)N3CCN(Cc4ccccc4)CC3)cc2Cl)cc1. The summed E-state index contributed by atoms with van der Waals surface area (Å²) in [6, 6.07) is 20.2. The first-order valence-electron chi connectivity index (χ1n) is 10.4. The van der Waals surface area contributed by atoms with Gasteiger partial charge in [-0.2, -0.15) is 0 Å². The van der Waals surface area contributed by atoms with Crippen molar-refractivity contribution in [3.05, 3.63) is 99.3 Å². The summed E-state index contributed by atoms with van der Waals surface area (Å²) in [5.74, 6) is 0.112. The molecule has 4 rings (SSSR count). The van der Waals surface area contributed by atoms with E-state index in [1.807, 2.05) is 6.07 Å². The van der Waals surface area contributed by atoms with E-state index in [0.717, 1.165) is 48.8 Å². The molecule has 0 atom stereocenters. The third kappa shape index (κ3) is 5.78. The van der Waals surface area contributed by atoms with Crippen molar-refractivity contribution in [2.75, 3.05) is 26.2 Å². The van der Waals surface area contributed by atoms with Crippen LogP contribution < -0.4 is 4.74 Å². The molecule has 3 aromatic carbocycles. The van der Waals surface area contributed by atoms with Crippen LogP contribution in [-0.2, 0) is 13.2 Å². The third-order valence-electron chi connectivity index (χ3n) is 5.45. The van der Waals surface area contributed by atoms with Crippen molar-refractivity contribution in [2.24, 2.45) is 0 Å². The molecule has 32 heavy (non-hydrogen) atoms. The number of hydrogen-bond acceptors (Lipinski definition) is 3. The maximum Gasteiger partial charge on any atom is 0.157 e. The number of ether oxygens (including phenoxy) is 1. The molecule has 0 unspecified atom stereocenters.